The molecule has 94 valence electrons. The molecular formula is C16H24S. The van der Waals surface area contributed by atoms with Crippen molar-refractivity contribution in [2.75, 3.05) is 0 Å². The highest BCUT2D eigenvalue weighted by Gasteiger charge is 1.99. The number of hydrogen-bond acceptors (Lipinski definition) is 1. The van der Waals surface area contributed by atoms with Crippen molar-refractivity contribution in [1.82, 2.24) is 0 Å². The van der Waals surface area contributed by atoms with Crippen molar-refractivity contribution in [3.63, 3.8) is 0 Å². The molecule has 0 saturated heterocycles. The van der Waals surface area contributed by atoms with E-state index in [0.29, 0.717) is 0 Å². The van der Waals surface area contributed by atoms with E-state index in [4.69, 9.17) is 0 Å². The minimum Gasteiger partial charge on any atom is -0.141 e. The van der Waals surface area contributed by atoms with Gasteiger partial charge in [-0.1, -0.05) is 57.5 Å². The van der Waals surface area contributed by atoms with Crippen molar-refractivity contribution in [1.29, 1.82) is 0 Å². The van der Waals surface area contributed by atoms with Crippen LogP contribution in [0, 0.1) is 13.8 Å². The van der Waals surface area contributed by atoms with Crippen molar-refractivity contribution in [2.45, 2.75) is 41.5 Å². The van der Waals surface area contributed by atoms with Gasteiger partial charge < -0.3 is 0 Å². The lowest BCUT2D eigenvalue weighted by molar-refractivity contribution is 1.48. The number of thiophene rings is 1. The first kappa shape index (κ1) is 15.9. The van der Waals surface area contributed by atoms with Gasteiger partial charge in [0.2, 0.25) is 0 Å². The Bertz CT molecular complexity index is 413. The molecule has 0 nitrogen and oxygen atoms in total. The van der Waals surface area contributed by atoms with Crippen LogP contribution in [0.15, 0.2) is 36.4 Å². The Hall–Kier alpha value is -1.08. The van der Waals surface area contributed by atoms with Crippen molar-refractivity contribution in [3.05, 3.63) is 46.8 Å². The average Bonchev–Trinajstić information content (AvgIpc) is 2.81. The molecular weight excluding hydrogens is 224 g/mol. The number of benzene rings is 1. The van der Waals surface area contributed by atoms with Gasteiger partial charge in [0, 0.05) is 9.75 Å². The highest BCUT2D eigenvalue weighted by molar-refractivity contribution is 7.15. The van der Waals surface area contributed by atoms with Gasteiger partial charge in [-0.05, 0) is 31.5 Å². The molecule has 0 radical (unpaired) electrons. The largest absolute Gasteiger partial charge is 0.141 e. The predicted molar refractivity (Wildman–Crippen MR) is 81.9 cm³/mol. The van der Waals surface area contributed by atoms with E-state index in [-0.39, 0.29) is 0 Å². The highest BCUT2D eigenvalue weighted by Crippen LogP contribution is 2.27. The molecule has 0 bridgehead atoms. The van der Waals surface area contributed by atoms with Gasteiger partial charge in [-0.15, -0.1) is 11.3 Å². The molecule has 0 amide bonds. The van der Waals surface area contributed by atoms with Gasteiger partial charge in [-0.25, -0.2) is 0 Å². The third-order valence-corrected chi connectivity index (χ3v) is 3.09. The summed E-state index contributed by atoms with van der Waals surface area (Å²) in [5, 5.41) is 0. The maximum atomic E-state index is 2.23. The quantitative estimate of drug-likeness (QED) is 0.573. The normalized spacial score (nSPS) is 8.59. The van der Waals surface area contributed by atoms with Gasteiger partial charge in [-0.2, -0.15) is 0 Å². The molecule has 0 unspecified atom stereocenters. The molecule has 2 rings (SSSR count). The maximum absolute atomic E-state index is 2.23. The van der Waals surface area contributed by atoms with Crippen LogP contribution in [0.2, 0.25) is 0 Å². The van der Waals surface area contributed by atoms with Crippen molar-refractivity contribution in [3.8, 4) is 10.4 Å². The van der Waals surface area contributed by atoms with Gasteiger partial charge in [0.05, 0.1) is 0 Å². The molecule has 0 aliphatic heterocycles. The van der Waals surface area contributed by atoms with Crippen LogP contribution >= 0.6 is 11.3 Å². The molecule has 1 aromatic heterocycles. The van der Waals surface area contributed by atoms with Crippen LogP contribution < -0.4 is 0 Å². The summed E-state index contributed by atoms with van der Waals surface area (Å²) in [5.74, 6) is 0. The van der Waals surface area contributed by atoms with Gasteiger partial charge >= 0.3 is 0 Å². The van der Waals surface area contributed by atoms with Crippen molar-refractivity contribution in [2.24, 2.45) is 0 Å². The second-order valence-electron chi connectivity index (χ2n) is 3.28. The van der Waals surface area contributed by atoms with E-state index in [2.05, 4.69) is 50.2 Å². The molecule has 0 spiro atoms. The summed E-state index contributed by atoms with van der Waals surface area (Å²) in [6.07, 6.45) is 0. The molecule has 1 aromatic carbocycles. The summed E-state index contributed by atoms with van der Waals surface area (Å²) >= 11 is 1.85. The van der Waals surface area contributed by atoms with E-state index in [0.717, 1.165) is 0 Å². The molecule has 0 N–H and O–H groups in total. The van der Waals surface area contributed by atoms with Crippen LogP contribution in [0.1, 0.15) is 38.1 Å². The second-order valence-corrected chi connectivity index (χ2v) is 4.57. The Labute approximate surface area is 110 Å². The van der Waals surface area contributed by atoms with Gasteiger partial charge in [0.25, 0.3) is 0 Å². The summed E-state index contributed by atoms with van der Waals surface area (Å²) in [6, 6.07) is 13.0. The lowest BCUT2D eigenvalue weighted by Crippen LogP contribution is -1.73. The first-order valence-corrected chi connectivity index (χ1v) is 7.21. The topological polar surface area (TPSA) is 0 Å². The van der Waals surface area contributed by atoms with Gasteiger partial charge in [-0.3, -0.25) is 0 Å². The van der Waals surface area contributed by atoms with Gasteiger partial charge in [0.1, 0.15) is 0 Å². The molecule has 0 atom stereocenters. The Morgan fingerprint density at radius 3 is 1.94 bits per heavy atom. The second kappa shape index (κ2) is 9.00. The molecule has 0 fully saturated rings. The number of hydrogen-bond donors (Lipinski definition) is 0. The summed E-state index contributed by atoms with van der Waals surface area (Å²) < 4.78 is 0. The van der Waals surface area contributed by atoms with Crippen LogP contribution in [-0.2, 0) is 0 Å². The summed E-state index contributed by atoms with van der Waals surface area (Å²) in [7, 11) is 0. The first-order valence-electron chi connectivity index (χ1n) is 6.39. The molecule has 1 heteroatoms. The Balaban J connectivity index is 0.000000581. The SMILES string of the molecule is CC.CC.Cc1cccc(-c2ccc(C)s2)c1. The minimum atomic E-state index is 1.32. The summed E-state index contributed by atoms with van der Waals surface area (Å²) in [4.78, 5) is 2.73. The summed E-state index contributed by atoms with van der Waals surface area (Å²) in [6.45, 7) is 12.3. The van der Waals surface area contributed by atoms with Gasteiger partial charge in [0.15, 0.2) is 0 Å². The van der Waals surface area contributed by atoms with Crippen molar-refractivity contribution < 1.29 is 0 Å². The van der Waals surface area contributed by atoms with Crippen molar-refractivity contribution >= 4 is 11.3 Å². The highest BCUT2D eigenvalue weighted by atomic mass is 32.1. The fraction of sp³-hybridized carbons (Fsp3) is 0.375. The standard InChI is InChI=1S/C12H12S.2C2H6/c1-9-4-3-5-11(8-9)12-7-6-10(2)13-12;2*1-2/h3-8H,1-2H3;2*1-2H3. The van der Waals surface area contributed by atoms with Crippen LogP contribution in [0.25, 0.3) is 10.4 Å². The number of aryl methyl sites for hydroxylation is 2. The third-order valence-electron chi connectivity index (χ3n) is 2.04. The fourth-order valence-corrected chi connectivity index (χ4v) is 2.25. The third kappa shape index (κ3) is 5.18. The lowest BCUT2D eigenvalue weighted by atomic mass is 10.1. The predicted octanol–water partition coefficient (Wildman–Crippen LogP) is 6.08. The molecule has 1 heterocycles. The van der Waals surface area contributed by atoms with Crippen LogP contribution in [0.5, 0.6) is 0 Å². The maximum Gasteiger partial charge on any atom is 0.0345 e. The van der Waals surface area contributed by atoms with E-state index in [9.17, 15) is 0 Å². The van der Waals surface area contributed by atoms with E-state index >= 15 is 0 Å². The Kier molecular flexibility index (Phi) is 8.43. The monoisotopic (exact) mass is 248 g/mol. The Morgan fingerprint density at radius 2 is 1.47 bits per heavy atom. The zero-order valence-electron chi connectivity index (χ0n) is 11.9. The molecule has 0 aliphatic carbocycles. The van der Waals surface area contributed by atoms with E-state index < -0.39 is 0 Å². The fourth-order valence-electron chi connectivity index (χ4n) is 1.39. The smallest absolute Gasteiger partial charge is 0.0345 e. The average molecular weight is 248 g/mol. The van der Waals surface area contributed by atoms with Crippen LogP contribution in [-0.4, -0.2) is 0 Å². The van der Waals surface area contributed by atoms with Crippen LogP contribution in [0.3, 0.4) is 0 Å². The molecule has 0 aliphatic rings. The minimum absolute atomic E-state index is 1.32. The number of rotatable bonds is 1. The molecule has 2 aromatic rings. The van der Waals surface area contributed by atoms with E-state index in [1.807, 2.05) is 39.0 Å². The zero-order valence-corrected chi connectivity index (χ0v) is 12.7. The lowest BCUT2D eigenvalue weighted by Gasteiger charge is -1.97. The zero-order chi connectivity index (χ0) is 13.3. The molecule has 0 saturated carbocycles. The van der Waals surface area contributed by atoms with E-state index in [1.54, 1.807) is 0 Å². The Morgan fingerprint density at radius 1 is 0.824 bits per heavy atom. The van der Waals surface area contributed by atoms with E-state index in [1.165, 1.54) is 20.9 Å². The molecule has 17 heavy (non-hydrogen) atoms. The first-order chi connectivity index (χ1) is 8.25. The van der Waals surface area contributed by atoms with Crippen LogP contribution in [0.4, 0.5) is 0 Å². The summed E-state index contributed by atoms with van der Waals surface area (Å²) in [5.41, 5.74) is 2.65.